The lowest BCUT2D eigenvalue weighted by atomic mass is 9.46. The number of nitrogens with zero attached hydrogens (tertiary/aromatic N) is 2. The fraction of sp³-hybridized carbons (Fsp3) is 0.952. The molecule has 2 aliphatic heterocycles. The van der Waals surface area contributed by atoms with Crippen LogP contribution in [0.15, 0.2) is 9.98 Å². The van der Waals surface area contributed by atoms with Gasteiger partial charge < -0.3 is 41.3 Å². The second-order valence-electron chi connectivity index (χ2n) is 19.8. The lowest BCUT2D eigenvalue weighted by Gasteiger charge is -2.61. The number of aliphatic hydroxyl groups is 6. The van der Waals surface area contributed by atoms with Gasteiger partial charge in [-0.1, -0.05) is 55.4 Å². The van der Waals surface area contributed by atoms with Crippen molar-refractivity contribution in [2.45, 2.75) is 143 Å². The SMILES string of the molecule is CC1CCC(N=CC2C(O)C(O)C(C(C)C)C3CC(C)C(C4C(C)CC5C(C(C)C)C(O)C(O)C(C=NC6CCC(C)C[NH2+]6)C5C4O)C(O)C23)[NH2+]C1. The molecule has 4 aliphatic carbocycles. The molecule has 0 amide bonds. The molecule has 6 fully saturated rings. The van der Waals surface area contributed by atoms with E-state index in [1.165, 1.54) is 0 Å². The third-order valence-corrected chi connectivity index (χ3v) is 15.7. The topological polar surface area (TPSA) is 179 Å². The number of nitrogens with two attached hydrogens (primary N) is 2. The van der Waals surface area contributed by atoms with Crippen LogP contribution < -0.4 is 10.6 Å². The van der Waals surface area contributed by atoms with Crippen molar-refractivity contribution in [1.82, 2.24) is 0 Å². The van der Waals surface area contributed by atoms with E-state index in [1.54, 1.807) is 0 Å². The number of aliphatic hydroxyl groups excluding tert-OH is 6. The zero-order valence-electron chi connectivity index (χ0n) is 33.4. The average Bonchev–Trinajstić information content (AvgIpc) is 3.08. The first-order valence-electron chi connectivity index (χ1n) is 21.4. The zero-order chi connectivity index (χ0) is 37.8. The molecule has 0 bridgehead atoms. The molecule has 22 unspecified atom stereocenters. The van der Waals surface area contributed by atoms with Crippen LogP contribution in [0, 0.1) is 94.7 Å². The Morgan fingerprint density at radius 3 is 1.17 bits per heavy atom. The van der Waals surface area contributed by atoms with Gasteiger partial charge in [0.05, 0.1) is 49.7 Å². The summed E-state index contributed by atoms with van der Waals surface area (Å²) in [6, 6.07) is 0. The van der Waals surface area contributed by atoms with Gasteiger partial charge in [-0.15, -0.1) is 0 Å². The first kappa shape index (κ1) is 40.7. The molecule has 0 aromatic heterocycles. The third kappa shape index (κ3) is 7.72. The van der Waals surface area contributed by atoms with Crippen molar-refractivity contribution in [1.29, 1.82) is 0 Å². The summed E-state index contributed by atoms with van der Waals surface area (Å²) in [4.78, 5) is 9.99. The Morgan fingerprint density at radius 1 is 0.500 bits per heavy atom. The Morgan fingerprint density at radius 2 is 0.865 bits per heavy atom. The van der Waals surface area contributed by atoms with E-state index in [2.05, 4.69) is 66.0 Å². The summed E-state index contributed by atoms with van der Waals surface area (Å²) in [7, 11) is 0. The van der Waals surface area contributed by atoms with Crippen LogP contribution in [0.5, 0.6) is 0 Å². The number of aliphatic imine (C=N–C) groups is 2. The van der Waals surface area contributed by atoms with Gasteiger partial charge in [0.1, 0.15) is 0 Å². The van der Waals surface area contributed by atoms with Crippen molar-refractivity contribution in [3.63, 3.8) is 0 Å². The molecular weight excluding hydrogens is 656 g/mol. The number of quaternary nitrogens is 2. The van der Waals surface area contributed by atoms with Gasteiger partial charge in [0, 0.05) is 48.9 Å². The zero-order valence-corrected chi connectivity index (χ0v) is 33.4. The minimum atomic E-state index is -1.02. The second kappa shape index (κ2) is 16.6. The first-order valence-corrected chi connectivity index (χ1v) is 21.4. The number of hydrogen-bond acceptors (Lipinski definition) is 8. The summed E-state index contributed by atoms with van der Waals surface area (Å²) in [5, 5.41) is 76.8. The molecule has 0 aromatic carbocycles. The maximum atomic E-state index is 12.8. The molecule has 0 radical (unpaired) electrons. The van der Waals surface area contributed by atoms with Crippen molar-refractivity contribution in [3.8, 4) is 0 Å². The molecule has 6 rings (SSSR count). The first-order chi connectivity index (χ1) is 24.6. The van der Waals surface area contributed by atoms with Crippen LogP contribution >= 0.6 is 0 Å². The van der Waals surface area contributed by atoms with Crippen LogP contribution in [0.25, 0.3) is 0 Å². The number of rotatable bonds is 7. The smallest absolute Gasteiger partial charge is 0.179 e. The molecule has 4 saturated carbocycles. The molecule has 0 aromatic rings. The van der Waals surface area contributed by atoms with Gasteiger partial charge >= 0.3 is 0 Å². The summed E-state index contributed by atoms with van der Waals surface area (Å²) in [6.07, 6.45) is 4.30. The molecule has 6 aliphatic rings. The highest BCUT2D eigenvalue weighted by atomic mass is 16.3. The third-order valence-electron chi connectivity index (χ3n) is 15.7. The van der Waals surface area contributed by atoms with Crippen molar-refractivity contribution in [3.05, 3.63) is 0 Å². The fourth-order valence-corrected chi connectivity index (χ4v) is 13.1. The van der Waals surface area contributed by atoms with Crippen LogP contribution in [0.1, 0.15) is 93.9 Å². The van der Waals surface area contributed by atoms with Crippen molar-refractivity contribution < 1.29 is 41.3 Å². The predicted molar refractivity (Wildman–Crippen MR) is 203 cm³/mol. The van der Waals surface area contributed by atoms with Crippen LogP contribution in [0.3, 0.4) is 0 Å². The van der Waals surface area contributed by atoms with Gasteiger partial charge in [-0.25, -0.2) is 9.98 Å². The Kier molecular flexibility index (Phi) is 13.0. The number of piperidine rings is 2. The van der Waals surface area contributed by atoms with E-state index >= 15 is 0 Å². The molecule has 10 N–H and O–H groups in total. The van der Waals surface area contributed by atoms with E-state index in [4.69, 9.17) is 9.98 Å². The van der Waals surface area contributed by atoms with Gasteiger partial charge in [-0.2, -0.15) is 0 Å². The Hall–Kier alpha value is -0.980. The highest BCUT2D eigenvalue weighted by Gasteiger charge is 2.62. The fourth-order valence-electron chi connectivity index (χ4n) is 13.1. The van der Waals surface area contributed by atoms with E-state index < -0.39 is 48.5 Å². The largest absolute Gasteiger partial charge is 0.392 e. The van der Waals surface area contributed by atoms with Crippen molar-refractivity contribution in [2.75, 3.05) is 13.1 Å². The highest BCUT2D eigenvalue weighted by Crippen LogP contribution is 2.59. The van der Waals surface area contributed by atoms with Gasteiger partial charge in [0.15, 0.2) is 12.3 Å². The highest BCUT2D eigenvalue weighted by molar-refractivity contribution is 5.64. The quantitative estimate of drug-likeness (QED) is 0.184. The lowest BCUT2D eigenvalue weighted by molar-refractivity contribution is -0.701. The number of hydrogen-bond donors (Lipinski definition) is 8. The summed E-state index contributed by atoms with van der Waals surface area (Å²) < 4.78 is 0. The van der Waals surface area contributed by atoms with Gasteiger partial charge in [0.2, 0.25) is 0 Å². The molecule has 0 spiro atoms. The van der Waals surface area contributed by atoms with Crippen LogP contribution in [-0.4, -0.2) is 105 Å². The molecule has 10 nitrogen and oxygen atoms in total. The van der Waals surface area contributed by atoms with Crippen molar-refractivity contribution in [2.24, 2.45) is 105 Å². The lowest BCUT2D eigenvalue weighted by Crippen LogP contribution is -2.92. The Balaban J connectivity index is 1.33. The van der Waals surface area contributed by atoms with Gasteiger partial charge in [-0.05, 0) is 96.7 Å². The molecule has 52 heavy (non-hydrogen) atoms. The monoisotopic (exact) mass is 733 g/mol. The molecule has 10 heteroatoms. The van der Waals surface area contributed by atoms with E-state index in [0.29, 0.717) is 11.8 Å². The molecule has 22 atom stereocenters. The summed E-state index contributed by atoms with van der Waals surface area (Å²) in [5.41, 5.74) is 0. The summed E-state index contributed by atoms with van der Waals surface area (Å²) in [6.45, 7) is 19.4. The van der Waals surface area contributed by atoms with E-state index in [1.807, 2.05) is 12.4 Å². The summed E-state index contributed by atoms with van der Waals surface area (Å²) >= 11 is 0. The van der Waals surface area contributed by atoms with E-state index in [0.717, 1.165) is 51.6 Å². The van der Waals surface area contributed by atoms with Gasteiger partial charge in [-0.3, -0.25) is 0 Å². The molecule has 2 heterocycles. The van der Waals surface area contributed by atoms with Crippen LogP contribution in [-0.2, 0) is 0 Å². The van der Waals surface area contributed by atoms with Crippen LogP contribution in [0.4, 0.5) is 0 Å². The molecule has 2 saturated heterocycles. The molecular formula is C42H76N4O6+2. The van der Waals surface area contributed by atoms with Crippen molar-refractivity contribution >= 4 is 12.4 Å². The predicted octanol–water partition coefficient (Wildman–Crippen LogP) is 1.51. The number of fused-ring (bicyclic) bond motifs is 2. The average molecular weight is 733 g/mol. The molecule has 298 valence electrons. The summed E-state index contributed by atoms with van der Waals surface area (Å²) in [5.74, 6) is -0.549. The van der Waals surface area contributed by atoms with E-state index in [-0.39, 0.29) is 83.3 Å². The van der Waals surface area contributed by atoms with Crippen LogP contribution in [0.2, 0.25) is 0 Å². The minimum Gasteiger partial charge on any atom is -0.392 e. The van der Waals surface area contributed by atoms with Gasteiger partial charge in [0.25, 0.3) is 0 Å². The maximum Gasteiger partial charge on any atom is 0.179 e. The second-order valence-corrected chi connectivity index (χ2v) is 19.8. The normalized spacial score (nSPS) is 53.4. The minimum absolute atomic E-state index is 0.0153. The standard InChI is InChI=1S/C42H74N4O6/c1-19(2)31-25-13-23(7)33(39(49)35(25)27(37(47)41(31)51)17-45-29-11-9-21(5)15-43-29)34-24(8)14-26-32(20(3)4)42(52)38(48)28(36(26)40(34)50)18-46-30-12-10-22(6)16-44-30/h17-44,47-52H,9-16H2,1-8H3/p+2. The Labute approximate surface area is 313 Å². The maximum absolute atomic E-state index is 12.8. The Bertz CT molecular complexity index is 1130. The van der Waals surface area contributed by atoms with E-state index in [9.17, 15) is 30.6 Å².